The zero-order valence-corrected chi connectivity index (χ0v) is 16.8. The molecule has 154 valence electrons. The van der Waals surface area contributed by atoms with Crippen LogP contribution in [0.2, 0.25) is 0 Å². The Morgan fingerprint density at radius 2 is 1.80 bits per heavy atom. The average Bonchev–Trinajstić information content (AvgIpc) is 3.02. The van der Waals surface area contributed by atoms with E-state index in [1.807, 2.05) is 54.6 Å². The molecule has 0 radical (unpaired) electrons. The third kappa shape index (κ3) is 4.48. The molecule has 0 spiro atoms. The number of amides is 3. The van der Waals surface area contributed by atoms with E-state index in [1.165, 1.54) is 4.90 Å². The van der Waals surface area contributed by atoms with Crippen molar-refractivity contribution in [1.29, 1.82) is 0 Å². The topological polar surface area (TPSA) is 79.4 Å². The summed E-state index contributed by atoms with van der Waals surface area (Å²) in [6.45, 7) is 0.149. The number of hydrogen-bond acceptors (Lipinski definition) is 4. The molecule has 1 saturated carbocycles. The number of likely N-dealkylation sites (tertiary alicyclic amines) is 1. The second-order valence-corrected chi connectivity index (χ2v) is 7.84. The second kappa shape index (κ2) is 9.03. The van der Waals surface area contributed by atoms with Gasteiger partial charge in [-0.05, 0) is 48.7 Å². The van der Waals surface area contributed by atoms with E-state index in [9.17, 15) is 14.4 Å². The number of anilines is 1. The second-order valence-electron chi connectivity index (χ2n) is 7.84. The number of aromatic nitrogens is 1. The molecule has 3 amide bonds. The molecule has 1 saturated heterocycles. The Hall–Kier alpha value is -3.28. The van der Waals surface area contributed by atoms with Gasteiger partial charge in [0.25, 0.3) is 0 Å². The quantitative estimate of drug-likeness (QED) is 0.745. The van der Waals surface area contributed by atoms with Crippen molar-refractivity contribution in [2.75, 3.05) is 11.9 Å². The fourth-order valence-electron chi connectivity index (χ4n) is 4.26. The average molecular weight is 403 g/mol. The van der Waals surface area contributed by atoms with E-state index < -0.39 is 0 Å². The number of hydrogen-bond donors (Lipinski definition) is 1. The highest BCUT2D eigenvalue weighted by molar-refractivity contribution is 6.05. The first kappa shape index (κ1) is 20.0. The molecule has 2 aliphatic rings. The summed E-state index contributed by atoms with van der Waals surface area (Å²) in [5.74, 6) is -0.747. The SMILES string of the molecule is O=C(CCN1C(=O)[C@H]2CCCC[C@H]2C1=O)Nc1cccc(/C=C/c2ccccn2)c1. The number of nitrogens with zero attached hydrogens (tertiary/aromatic N) is 2. The van der Waals surface area contributed by atoms with Gasteiger partial charge in [-0.3, -0.25) is 24.3 Å². The fourth-order valence-corrected chi connectivity index (χ4v) is 4.26. The van der Waals surface area contributed by atoms with E-state index in [0.717, 1.165) is 36.9 Å². The maximum atomic E-state index is 12.5. The third-order valence-electron chi connectivity index (χ3n) is 5.80. The van der Waals surface area contributed by atoms with Gasteiger partial charge in [0.1, 0.15) is 0 Å². The number of carbonyl (C=O) groups is 3. The zero-order chi connectivity index (χ0) is 20.9. The molecule has 1 aliphatic heterocycles. The first-order valence-electron chi connectivity index (χ1n) is 10.5. The molecule has 6 heteroatoms. The van der Waals surface area contributed by atoms with Gasteiger partial charge in [-0.25, -0.2) is 0 Å². The first-order chi connectivity index (χ1) is 14.6. The molecule has 1 N–H and O–H groups in total. The summed E-state index contributed by atoms with van der Waals surface area (Å²) in [5, 5.41) is 2.86. The van der Waals surface area contributed by atoms with E-state index in [-0.39, 0.29) is 42.5 Å². The molecule has 1 aromatic heterocycles. The lowest BCUT2D eigenvalue weighted by Gasteiger charge is -2.19. The molecule has 6 nitrogen and oxygen atoms in total. The highest BCUT2D eigenvalue weighted by Gasteiger charge is 2.47. The molecule has 2 fully saturated rings. The van der Waals surface area contributed by atoms with Crippen LogP contribution in [0.1, 0.15) is 43.4 Å². The van der Waals surface area contributed by atoms with Crippen LogP contribution in [0.4, 0.5) is 5.69 Å². The molecule has 30 heavy (non-hydrogen) atoms. The fraction of sp³-hybridized carbons (Fsp3) is 0.333. The Bertz CT molecular complexity index is 947. The van der Waals surface area contributed by atoms with Gasteiger partial charge in [0.05, 0.1) is 17.5 Å². The van der Waals surface area contributed by atoms with E-state index in [1.54, 1.807) is 6.20 Å². The van der Waals surface area contributed by atoms with Crippen molar-refractivity contribution < 1.29 is 14.4 Å². The summed E-state index contributed by atoms with van der Waals surface area (Å²) in [4.78, 5) is 43.0. The lowest BCUT2D eigenvalue weighted by molar-refractivity contribution is -0.140. The Kier molecular flexibility index (Phi) is 6.02. The molecular formula is C24H25N3O3. The molecule has 4 rings (SSSR count). The maximum Gasteiger partial charge on any atom is 0.233 e. The van der Waals surface area contributed by atoms with Gasteiger partial charge < -0.3 is 5.32 Å². The third-order valence-corrected chi connectivity index (χ3v) is 5.80. The smallest absolute Gasteiger partial charge is 0.233 e. The van der Waals surface area contributed by atoms with Crippen molar-refractivity contribution >= 4 is 35.6 Å². The highest BCUT2D eigenvalue weighted by Crippen LogP contribution is 2.37. The van der Waals surface area contributed by atoms with E-state index in [4.69, 9.17) is 0 Å². The molecule has 1 aliphatic carbocycles. The minimum absolute atomic E-state index is 0.0980. The van der Waals surface area contributed by atoms with Crippen LogP contribution in [0.3, 0.4) is 0 Å². The predicted molar refractivity (Wildman–Crippen MR) is 115 cm³/mol. The van der Waals surface area contributed by atoms with Gasteiger partial charge in [0.15, 0.2) is 0 Å². The summed E-state index contributed by atoms with van der Waals surface area (Å²) in [6, 6.07) is 13.2. The number of fused-ring (bicyclic) bond motifs is 1. The lowest BCUT2D eigenvalue weighted by atomic mass is 9.81. The standard InChI is InChI=1S/C24H25N3O3/c28-22(13-15-27-23(29)20-9-1-2-10-21(20)24(27)30)26-19-8-5-6-17(16-19)11-12-18-7-3-4-14-25-18/h3-8,11-12,14,16,20-21H,1-2,9-10,13,15H2,(H,26,28)/b12-11+/t20-,21+. The van der Waals surface area contributed by atoms with Crippen molar-refractivity contribution in [3.8, 4) is 0 Å². The molecule has 2 heterocycles. The summed E-state index contributed by atoms with van der Waals surface area (Å²) in [5.41, 5.74) is 2.47. The van der Waals surface area contributed by atoms with Crippen LogP contribution in [-0.2, 0) is 14.4 Å². The van der Waals surface area contributed by atoms with Crippen LogP contribution < -0.4 is 5.32 Å². The lowest BCUT2D eigenvalue weighted by Crippen LogP contribution is -2.34. The molecule has 0 unspecified atom stereocenters. The number of pyridine rings is 1. The van der Waals surface area contributed by atoms with Crippen LogP contribution in [0.25, 0.3) is 12.2 Å². The van der Waals surface area contributed by atoms with Crippen LogP contribution >= 0.6 is 0 Å². The van der Waals surface area contributed by atoms with Crippen molar-refractivity contribution in [3.63, 3.8) is 0 Å². The van der Waals surface area contributed by atoms with Gasteiger partial charge in [0, 0.05) is 24.8 Å². The van der Waals surface area contributed by atoms with Crippen LogP contribution in [0, 0.1) is 11.8 Å². The van der Waals surface area contributed by atoms with Crippen molar-refractivity contribution in [2.24, 2.45) is 11.8 Å². The summed E-state index contributed by atoms with van der Waals surface area (Å²) in [6.07, 6.45) is 9.26. The predicted octanol–water partition coefficient (Wildman–Crippen LogP) is 3.76. The number of benzene rings is 1. The molecule has 0 bridgehead atoms. The number of carbonyl (C=O) groups excluding carboxylic acids is 3. The summed E-state index contributed by atoms with van der Waals surface area (Å²) >= 11 is 0. The number of imide groups is 1. The van der Waals surface area contributed by atoms with E-state index in [0.29, 0.717) is 5.69 Å². The van der Waals surface area contributed by atoms with Crippen LogP contribution in [-0.4, -0.2) is 34.2 Å². The normalized spacial score (nSPS) is 21.1. The van der Waals surface area contributed by atoms with Crippen molar-refractivity contribution in [1.82, 2.24) is 9.88 Å². The molecule has 2 atom stereocenters. The Balaban J connectivity index is 1.33. The molecular weight excluding hydrogens is 378 g/mol. The Morgan fingerprint density at radius 1 is 1.03 bits per heavy atom. The maximum absolute atomic E-state index is 12.5. The monoisotopic (exact) mass is 403 g/mol. The highest BCUT2D eigenvalue weighted by atomic mass is 16.2. The summed E-state index contributed by atoms with van der Waals surface area (Å²) in [7, 11) is 0. The Morgan fingerprint density at radius 3 is 2.50 bits per heavy atom. The van der Waals surface area contributed by atoms with Gasteiger partial charge in [-0.2, -0.15) is 0 Å². The Labute approximate surface area is 176 Å². The van der Waals surface area contributed by atoms with Crippen molar-refractivity contribution in [3.05, 3.63) is 59.9 Å². The minimum Gasteiger partial charge on any atom is -0.326 e. The van der Waals surface area contributed by atoms with Crippen LogP contribution in [0.15, 0.2) is 48.7 Å². The van der Waals surface area contributed by atoms with Gasteiger partial charge in [-0.15, -0.1) is 0 Å². The van der Waals surface area contributed by atoms with Crippen molar-refractivity contribution in [2.45, 2.75) is 32.1 Å². The number of nitrogens with one attached hydrogen (secondary N) is 1. The zero-order valence-electron chi connectivity index (χ0n) is 16.8. The van der Waals surface area contributed by atoms with Gasteiger partial charge >= 0.3 is 0 Å². The molecule has 2 aromatic rings. The molecule has 1 aromatic carbocycles. The number of rotatable bonds is 6. The largest absolute Gasteiger partial charge is 0.326 e. The van der Waals surface area contributed by atoms with Crippen LogP contribution in [0.5, 0.6) is 0 Å². The van der Waals surface area contributed by atoms with Gasteiger partial charge in [-0.1, -0.05) is 37.1 Å². The van der Waals surface area contributed by atoms with E-state index >= 15 is 0 Å². The summed E-state index contributed by atoms with van der Waals surface area (Å²) < 4.78 is 0. The first-order valence-corrected chi connectivity index (χ1v) is 10.5. The van der Waals surface area contributed by atoms with E-state index in [2.05, 4.69) is 10.3 Å². The van der Waals surface area contributed by atoms with Gasteiger partial charge in [0.2, 0.25) is 17.7 Å². The minimum atomic E-state index is -0.212.